The molecule has 0 fully saturated rings. The van der Waals surface area contributed by atoms with Crippen LogP contribution in [0.15, 0.2) is 6.07 Å². The van der Waals surface area contributed by atoms with Crippen LogP contribution in [0.25, 0.3) is 10.2 Å². The largest absolute Gasteiger partial charge is 0.368 e. The van der Waals surface area contributed by atoms with E-state index in [0.29, 0.717) is 10.8 Å². The van der Waals surface area contributed by atoms with Gasteiger partial charge in [0.05, 0.1) is 17.1 Å². The fraction of sp³-hybridized carbons (Fsp3) is 0.500. The number of nitrogens with zero attached hydrogens (tertiary/aromatic N) is 3. The van der Waals surface area contributed by atoms with Crippen LogP contribution in [0.3, 0.4) is 0 Å². The van der Waals surface area contributed by atoms with Crippen LogP contribution in [-0.4, -0.2) is 40.1 Å². The zero-order valence-corrected chi connectivity index (χ0v) is 13.5. The summed E-state index contributed by atoms with van der Waals surface area (Å²) in [5, 5.41) is 5.51. The molecule has 0 aliphatic rings. The first-order valence-corrected chi connectivity index (χ1v) is 7.62. The van der Waals surface area contributed by atoms with Crippen LogP contribution in [0.5, 0.6) is 0 Å². The molecule has 114 valence electrons. The number of aromatic nitrogens is 2. The first-order valence-electron chi connectivity index (χ1n) is 6.80. The van der Waals surface area contributed by atoms with Crippen LogP contribution < -0.4 is 5.73 Å². The Balaban J connectivity index is 2.34. The number of likely N-dealkylation sites (N-methyl/N-ethyl adjacent to an activating group) is 1. The normalized spacial score (nSPS) is 11.3. The summed E-state index contributed by atoms with van der Waals surface area (Å²) in [6.45, 7) is 6.93. The predicted octanol–water partition coefficient (Wildman–Crippen LogP) is 1.62. The van der Waals surface area contributed by atoms with Crippen molar-refractivity contribution in [3.63, 3.8) is 0 Å². The van der Waals surface area contributed by atoms with Gasteiger partial charge in [-0.25, -0.2) is 0 Å². The highest BCUT2D eigenvalue weighted by atomic mass is 32.1. The standard InChI is InChI=1S/C14H20N4O2S/c1-8(2)6-18-14-10(9(3)16-18)5-11(21-14)13(20)17(4)7-12(15)19/h5,8H,6-7H2,1-4H3,(H2,15,19). The van der Waals surface area contributed by atoms with E-state index >= 15 is 0 Å². The third-order valence-electron chi connectivity index (χ3n) is 3.10. The molecule has 7 heteroatoms. The zero-order valence-electron chi connectivity index (χ0n) is 12.7. The van der Waals surface area contributed by atoms with Crippen molar-refractivity contribution in [3.8, 4) is 0 Å². The maximum atomic E-state index is 12.3. The van der Waals surface area contributed by atoms with Gasteiger partial charge in [0.25, 0.3) is 5.91 Å². The van der Waals surface area contributed by atoms with Crippen LogP contribution in [0.2, 0.25) is 0 Å². The lowest BCUT2D eigenvalue weighted by Gasteiger charge is -2.13. The number of rotatable bonds is 5. The fourth-order valence-corrected chi connectivity index (χ4v) is 3.35. The highest BCUT2D eigenvalue weighted by Gasteiger charge is 2.20. The molecule has 0 spiro atoms. The maximum Gasteiger partial charge on any atom is 0.264 e. The molecule has 0 radical (unpaired) electrons. The smallest absolute Gasteiger partial charge is 0.264 e. The molecule has 0 aliphatic carbocycles. The second-order valence-electron chi connectivity index (χ2n) is 5.62. The minimum absolute atomic E-state index is 0.0792. The summed E-state index contributed by atoms with van der Waals surface area (Å²) >= 11 is 1.41. The monoisotopic (exact) mass is 308 g/mol. The molecule has 2 heterocycles. The third kappa shape index (κ3) is 3.24. The quantitative estimate of drug-likeness (QED) is 0.911. The molecule has 2 aromatic rings. The minimum atomic E-state index is -0.519. The van der Waals surface area contributed by atoms with Gasteiger partial charge in [0.2, 0.25) is 5.91 Å². The van der Waals surface area contributed by atoms with E-state index in [2.05, 4.69) is 18.9 Å². The Kier molecular flexibility index (Phi) is 4.32. The Hall–Kier alpha value is -1.89. The molecule has 0 aromatic carbocycles. The SMILES string of the molecule is Cc1nn(CC(C)C)c2sc(C(=O)N(C)CC(N)=O)cc12. The van der Waals surface area contributed by atoms with Crippen molar-refractivity contribution in [2.45, 2.75) is 27.3 Å². The van der Waals surface area contributed by atoms with E-state index in [1.165, 1.54) is 16.2 Å². The number of thiophene rings is 1. The molecule has 2 rings (SSSR count). The van der Waals surface area contributed by atoms with E-state index in [1.807, 2.05) is 17.7 Å². The van der Waals surface area contributed by atoms with E-state index in [0.717, 1.165) is 22.5 Å². The molecule has 2 aromatic heterocycles. The fourth-order valence-electron chi connectivity index (χ4n) is 2.18. The van der Waals surface area contributed by atoms with Crippen molar-refractivity contribution in [2.24, 2.45) is 11.7 Å². The van der Waals surface area contributed by atoms with Crippen molar-refractivity contribution in [1.29, 1.82) is 0 Å². The van der Waals surface area contributed by atoms with Crippen LogP contribution in [-0.2, 0) is 11.3 Å². The molecule has 2 amide bonds. The Bertz CT molecular complexity index is 687. The van der Waals surface area contributed by atoms with Crippen molar-refractivity contribution < 1.29 is 9.59 Å². The number of nitrogens with two attached hydrogens (primary N) is 1. The average molecular weight is 308 g/mol. The van der Waals surface area contributed by atoms with E-state index in [9.17, 15) is 9.59 Å². The number of hydrogen-bond donors (Lipinski definition) is 1. The van der Waals surface area contributed by atoms with Gasteiger partial charge >= 0.3 is 0 Å². The first kappa shape index (κ1) is 15.5. The molecule has 2 N–H and O–H groups in total. The number of aryl methyl sites for hydroxylation is 1. The Labute approximate surface area is 127 Å². The van der Waals surface area contributed by atoms with Crippen LogP contribution in [0, 0.1) is 12.8 Å². The second-order valence-corrected chi connectivity index (χ2v) is 6.65. The molecule has 0 aliphatic heterocycles. The van der Waals surface area contributed by atoms with Gasteiger partial charge in [-0.1, -0.05) is 13.8 Å². The summed E-state index contributed by atoms with van der Waals surface area (Å²) in [7, 11) is 1.57. The van der Waals surface area contributed by atoms with Gasteiger partial charge in [0.1, 0.15) is 4.83 Å². The third-order valence-corrected chi connectivity index (χ3v) is 4.23. The second kappa shape index (κ2) is 5.85. The molecular formula is C14H20N4O2S. The number of primary amides is 1. The van der Waals surface area contributed by atoms with Gasteiger partial charge in [-0.15, -0.1) is 11.3 Å². The van der Waals surface area contributed by atoms with Gasteiger partial charge in [0.15, 0.2) is 0 Å². The first-order chi connectivity index (χ1) is 9.79. The molecule has 0 atom stereocenters. The molecule has 0 bridgehead atoms. The van der Waals surface area contributed by atoms with Crippen molar-refractivity contribution in [2.75, 3.05) is 13.6 Å². The number of amides is 2. The summed E-state index contributed by atoms with van der Waals surface area (Å²) in [4.78, 5) is 26.1. The van der Waals surface area contributed by atoms with Crippen LogP contribution in [0.4, 0.5) is 0 Å². The Morgan fingerprint density at radius 1 is 1.48 bits per heavy atom. The number of hydrogen-bond acceptors (Lipinski definition) is 4. The van der Waals surface area contributed by atoms with Crippen LogP contribution >= 0.6 is 11.3 Å². The summed E-state index contributed by atoms with van der Waals surface area (Å²) in [6.07, 6.45) is 0. The lowest BCUT2D eigenvalue weighted by atomic mass is 10.2. The van der Waals surface area contributed by atoms with Crippen LogP contribution in [0.1, 0.15) is 29.2 Å². The zero-order chi connectivity index (χ0) is 15.7. The Morgan fingerprint density at radius 2 is 2.14 bits per heavy atom. The van der Waals surface area contributed by atoms with Gasteiger partial charge in [0, 0.05) is 19.0 Å². The van der Waals surface area contributed by atoms with E-state index in [4.69, 9.17) is 5.73 Å². The van der Waals surface area contributed by atoms with Gasteiger partial charge < -0.3 is 10.6 Å². The number of fused-ring (bicyclic) bond motifs is 1. The van der Waals surface area contributed by atoms with Crippen molar-refractivity contribution >= 4 is 33.4 Å². The molecule has 6 nitrogen and oxygen atoms in total. The summed E-state index contributed by atoms with van der Waals surface area (Å²) < 4.78 is 1.95. The predicted molar refractivity (Wildman–Crippen MR) is 83.3 cm³/mol. The Morgan fingerprint density at radius 3 is 2.71 bits per heavy atom. The van der Waals surface area contributed by atoms with E-state index in [1.54, 1.807) is 7.05 Å². The van der Waals surface area contributed by atoms with Crippen molar-refractivity contribution in [3.05, 3.63) is 16.6 Å². The topological polar surface area (TPSA) is 81.2 Å². The maximum absolute atomic E-state index is 12.3. The van der Waals surface area contributed by atoms with Crippen molar-refractivity contribution in [1.82, 2.24) is 14.7 Å². The summed E-state index contributed by atoms with van der Waals surface area (Å²) in [5.74, 6) is -0.231. The summed E-state index contributed by atoms with van der Waals surface area (Å²) in [6, 6.07) is 1.85. The molecule has 21 heavy (non-hydrogen) atoms. The number of carbonyl (C=O) groups is 2. The van der Waals surface area contributed by atoms with E-state index in [-0.39, 0.29) is 12.5 Å². The van der Waals surface area contributed by atoms with E-state index < -0.39 is 5.91 Å². The highest BCUT2D eigenvalue weighted by Crippen LogP contribution is 2.29. The van der Waals surface area contributed by atoms with Gasteiger partial charge in [-0.3, -0.25) is 14.3 Å². The van der Waals surface area contributed by atoms with Gasteiger partial charge in [-0.2, -0.15) is 5.10 Å². The number of carbonyl (C=O) groups excluding carboxylic acids is 2. The molecular weight excluding hydrogens is 288 g/mol. The minimum Gasteiger partial charge on any atom is -0.368 e. The van der Waals surface area contributed by atoms with Gasteiger partial charge in [-0.05, 0) is 18.9 Å². The summed E-state index contributed by atoms with van der Waals surface area (Å²) in [5.41, 5.74) is 6.04. The average Bonchev–Trinajstić information content (AvgIpc) is 2.89. The molecule has 0 saturated carbocycles. The molecule has 0 unspecified atom stereocenters. The lowest BCUT2D eigenvalue weighted by molar-refractivity contribution is -0.118. The highest BCUT2D eigenvalue weighted by molar-refractivity contribution is 7.20. The lowest BCUT2D eigenvalue weighted by Crippen LogP contribution is -2.34. The molecule has 0 saturated heterocycles.